The monoisotopic (exact) mass is 242 g/mol. The summed E-state index contributed by atoms with van der Waals surface area (Å²) in [5, 5.41) is 3.27. The van der Waals surface area contributed by atoms with Crippen LogP contribution in [0.25, 0.3) is 0 Å². The van der Waals surface area contributed by atoms with Crippen LogP contribution in [0.3, 0.4) is 0 Å². The summed E-state index contributed by atoms with van der Waals surface area (Å²) in [6, 6.07) is 0.273. The van der Waals surface area contributed by atoms with E-state index in [1.165, 1.54) is 0 Å². The molecule has 0 saturated carbocycles. The topological polar surface area (TPSA) is 50.8 Å². The van der Waals surface area contributed by atoms with E-state index in [1.54, 1.807) is 0 Å². The van der Waals surface area contributed by atoms with Gasteiger partial charge in [-0.3, -0.25) is 4.79 Å². The maximum absolute atomic E-state index is 12.0. The molecule has 2 fully saturated rings. The maximum atomic E-state index is 12.0. The number of ether oxygens (including phenoxy) is 2. The second kappa shape index (κ2) is 6.33. The van der Waals surface area contributed by atoms with Gasteiger partial charge in [-0.1, -0.05) is 0 Å². The molecule has 2 saturated heterocycles. The number of nitrogens with one attached hydrogen (secondary N) is 1. The summed E-state index contributed by atoms with van der Waals surface area (Å²) in [4.78, 5) is 13.9. The first-order chi connectivity index (χ1) is 8.27. The lowest BCUT2D eigenvalue weighted by molar-refractivity contribution is -0.143. The number of piperazine rings is 1. The third-order valence-electron chi connectivity index (χ3n) is 3.43. The van der Waals surface area contributed by atoms with Crippen LogP contribution in [0, 0.1) is 0 Å². The highest BCUT2D eigenvalue weighted by Gasteiger charge is 2.24. The predicted molar refractivity (Wildman–Crippen MR) is 63.8 cm³/mol. The van der Waals surface area contributed by atoms with E-state index >= 15 is 0 Å². The van der Waals surface area contributed by atoms with E-state index in [0.717, 1.165) is 45.7 Å². The second-order valence-corrected chi connectivity index (χ2v) is 4.76. The summed E-state index contributed by atoms with van der Waals surface area (Å²) >= 11 is 0. The largest absolute Gasteiger partial charge is 0.381 e. The average molecular weight is 242 g/mol. The molecule has 0 spiro atoms. The first-order valence-corrected chi connectivity index (χ1v) is 6.47. The Hall–Kier alpha value is -0.650. The van der Waals surface area contributed by atoms with E-state index in [0.29, 0.717) is 0 Å². The predicted octanol–water partition coefficient (Wildman–Crippen LogP) is 0.00230. The number of hydrogen-bond donors (Lipinski definition) is 1. The van der Waals surface area contributed by atoms with E-state index in [4.69, 9.17) is 9.47 Å². The lowest BCUT2D eigenvalue weighted by atomic mass is 10.1. The van der Waals surface area contributed by atoms with Gasteiger partial charge in [0.1, 0.15) is 6.61 Å². The minimum atomic E-state index is 0.116. The standard InChI is InChI=1S/C12H22N2O3/c1-10-8-13-4-5-14(10)12(15)9-17-11-2-6-16-7-3-11/h10-11,13H,2-9H2,1H3/t10-/m1/s1. The Bertz CT molecular complexity index is 254. The van der Waals surface area contributed by atoms with Crippen molar-refractivity contribution in [3.05, 3.63) is 0 Å². The molecule has 1 amide bonds. The van der Waals surface area contributed by atoms with Crippen molar-refractivity contribution < 1.29 is 14.3 Å². The molecule has 2 heterocycles. The Morgan fingerprint density at radius 2 is 2.24 bits per heavy atom. The van der Waals surface area contributed by atoms with Gasteiger partial charge >= 0.3 is 0 Å². The summed E-state index contributed by atoms with van der Waals surface area (Å²) in [6.45, 7) is 6.34. The lowest BCUT2D eigenvalue weighted by Crippen LogP contribution is -2.53. The molecule has 0 aromatic heterocycles. The average Bonchev–Trinajstić information content (AvgIpc) is 2.38. The normalized spacial score (nSPS) is 27.1. The summed E-state index contributed by atoms with van der Waals surface area (Å²) in [5.41, 5.74) is 0. The SMILES string of the molecule is C[C@@H]1CNCCN1C(=O)COC1CCOCC1. The van der Waals surface area contributed by atoms with Crippen molar-refractivity contribution in [3.8, 4) is 0 Å². The van der Waals surface area contributed by atoms with Gasteiger partial charge < -0.3 is 19.7 Å². The number of nitrogens with zero attached hydrogens (tertiary/aromatic N) is 1. The van der Waals surface area contributed by atoms with Gasteiger partial charge in [-0.05, 0) is 19.8 Å². The van der Waals surface area contributed by atoms with E-state index in [9.17, 15) is 4.79 Å². The van der Waals surface area contributed by atoms with Gasteiger partial charge in [0.2, 0.25) is 5.91 Å². The molecule has 0 aromatic carbocycles. The van der Waals surface area contributed by atoms with Crippen LogP contribution in [0.1, 0.15) is 19.8 Å². The molecule has 2 aliphatic rings. The molecule has 0 bridgehead atoms. The quantitative estimate of drug-likeness (QED) is 0.757. The zero-order chi connectivity index (χ0) is 12.1. The van der Waals surface area contributed by atoms with E-state index in [1.807, 2.05) is 4.90 Å². The zero-order valence-electron chi connectivity index (χ0n) is 10.5. The van der Waals surface area contributed by atoms with Gasteiger partial charge in [0.15, 0.2) is 0 Å². The third kappa shape index (κ3) is 3.66. The molecule has 98 valence electrons. The Morgan fingerprint density at radius 1 is 1.47 bits per heavy atom. The van der Waals surface area contributed by atoms with Gasteiger partial charge in [0, 0.05) is 38.9 Å². The van der Waals surface area contributed by atoms with Crippen molar-refractivity contribution in [1.29, 1.82) is 0 Å². The second-order valence-electron chi connectivity index (χ2n) is 4.76. The maximum Gasteiger partial charge on any atom is 0.248 e. The van der Waals surface area contributed by atoms with Gasteiger partial charge in [-0.2, -0.15) is 0 Å². The fraction of sp³-hybridized carbons (Fsp3) is 0.917. The number of carbonyl (C=O) groups is 1. The first-order valence-electron chi connectivity index (χ1n) is 6.47. The molecule has 2 aliphatic heterocycles. The third-order valence-corrected chi connectivity index (χ3v) is 3.43. The zero-order valence-corrected chi connectivity index (χ0v) is 10.5. The van der Waals surface area contributed by atoms with Crippen LogP contribution in [-0.4, -0.2) is 62.4 Å². The summed E-state index contributed by atoms with van der Waals surface area (Å²) in [6.07, 6.45) is 2.01. The van der Waals surface area contributed by atoms with Crippen molar-refractivity contribution in [2.45, 2.75) is 31.9 Å². The molecule has 1 atom stereocenters. The van der Waals surface area contributed by atoms with Gasteiger partial charge in [0.05, 0.1) is 6.10 Å². The molecule has 1 N–H and O–H groups in total. The molecular weight excluding hydrogens is 220 g/mol. The molecule has 5 nitrogen and oxygen atoms in total. The van der Waals surface area contributed by atoms with E-state index in [2.05, 4.69) is 12.2 Å². The van der Waals surface area contributed by atoms with Gasteiger partial charge in [0.25, 0.3) is 0 Å². The van der Waals surface area contributed by atoms with E-state index in [-0.39, 0.29) is 24.7 Å². The number of rotatable bonds is 3. The first kappa shape index (κ1) is 12.8. The summed E-state index contributed by atoms with van der Waals surface area (Å²) < 4.78 is 10.9. The molecule has 0 aliphatic carbocycles. The van der Waals surface area contributed by atoms with Crippen LogP contribution < -0.4 is 5.32 Å². The van der Waals surface area contributed by atoms with Crippen LogP contribution in [-0.2, 0) is 14.3 Å². The highest BCUT2D eigenvalue weighted by atomic mass is 16.5. The van der Waals surface area contributed by atoms with Crippen molar-refractivity contribution in [2.75, 3.05) is 39.5 Å². The van der Waals surface area contributed by atoms with E-state index < -0.39 is 0 Å². The Kier molecular flexibility index (Phi) is 4.76. The number of hydrogen-bond acceptors (Lipinski definition) is 4. The smallest absolute Gasteiger partial charge is 0.248 e. The Labute approximate surface area is 102 Å². The van der Waals surface area contributed by atoms with Crippen molar-refractivity contribution in [1.82, 2.24) is 10.2 Å². The van der Waals surface area contributed by atoms with Gasteiger partial charge in [-0.25, -0.2) is 0 Å². The number of amides is 1. The van der Waals surface area contributed by atoms with Crippen LogP contribution in [0.5, 0.6) is 0 Å². The summed E-state index contributed by atoms with van der Waals surface area (Å²) in [7, 11) is 0. The van der Waals surface area contributed by atoms with Crippen LogP contribution in [0.2, 0.25) is 0 Å². The molecule has 5 heteroatoms. The lowest BCUT2D eigenvalue weighted by Gasteiger charge is -2.34. The van der Waals surface area contributed by atoms with Crippen LogP contribution in [0.4, 0.5) is 0 Å². The molecule has 17 heavy (non-hydrogen) atoms. The summed E-state index contributed by atoms with van der Waals surface area (Å²) in [5.74, 6) is 0.116. The molecule has 2 rings (SSSR count). The fourth-order valence-electron chi connectivity index (χ4n) is 2.33. The molecule has 0 radical (unpaired) electrons. The van der Waals surface area contributed by atoms with Crippen LogP contribution >= 0.6 is 0 Å². The van der Waals surface area contributed by atoms with Gasteiger partial charge in [-0.15, -0.1) is 0 Å². The van der Waals surface area contributed by atoms with Crippen molar-refractivity contribution in [2.24, 2.45) is 0 Å². The van der Waals surface area contributed by atoms with Crippen molar-refractivity contribution >= 4 is 5.91 Å². The molecule has 0 aromatic rings. The number of carbonyl (C=O) groups excluding carboxylic acids is 1. The van der Waals surface area contributed by atoms with Crippen LogP contribution in [0.15, 0.2) is 0 Å². The van der Waals surface area contributed by atoms with Crippen molar-refractivity contribution in [3.63, 3.8) is 0 Å². The molecular formula is C12H22N2O3. The minimum absolute atomic E-state index is 0.116. The highest BCUT2D eigenvalue weighted by Crippen LogP contribution is 2.11. The molecule has 0 unspecified atom stereocenters. The Balaban J connectivity index is 1.72. The highest BCUT2D eigenvalue weighted by molar-refractivity contribution is 5.77. The minimum Gasteiger partial charge on any atom is -0.381 e. The fourth-order valence-corrected chi connectivity index (χ4v) is 2.33. The Morgan fingerprint density at radius 3 is 2.94 bits per heavy atom.